The number of benzene rings is 1. The van der Waals surface area contributed by atoms with Crippen molar-refractivity contribution in [3.63, 3.8) is 0 Å². The summed E-state index contributed by atoms with van der Waals surface area (Å²) in [6.45, 7) is 8.07. The number of unbranched alkanes of at least 4 members (excludes halogenated alkanes) is 7. The van der Waals surface area contributed by atoms with Crippen LogP contribution >= 0.6 is 0 Å². The fourth-order valence-electron chi connectivity index (χ4n) is 4.74. The summed E-state index contributed by atoms with van der Waals surface area (Å²) in [4.78, 5) is 11.8. The Balaban J connectivity index is 2.44. The monoisotopic (exact) mass is 479 g/mol. The van der Waals surface area contributed by atoms with Crippen LogP contribution in [-0.4, -0.2) is 28.2 Å². The molecule has 0 fully saturated rings. The van der Waals surface area contributed by atoms with Gasteiger partial charge in [-0.1, -0.05) is 51.5 Å². The zero-order valence-corrected chi connectivity index (χ0v) is 21.2. The Bertz CT molecular complexity index is 986. The minimum absolute atomic E-state index is 0.178. The van der Waals surface area contributed by atoms with Gasteiger partial charge in [0, 0.05) is 29.7 Å². The number of halogens is 3. The molecule has 6 heteroatoms. The van der Waals surface area contributed by atoms with E-state index in [1.807, 2.05) is 32.9 Å². The highest BCUT2D eigenvalue weighted by Crippen LogP contribution is 2.42. The third kappa shape index (κ3) is 7.21. The number of aromatic nitrogens is 1. The number of allylic oxidation sites excluding steroid dienone is 2. The molecule has 0 radical (unpaired) electrons. The summed E-state index contributed by atoms with van der Waals surface area (Å²) in [5.41, 5.74) is 2.65. The maximum absolute atomic E-state index is 14.2. The Morgan fingerprint density at radius 3 is 2.18 bits per heavy atom. The highest BCUT2D eigenvalue weighted by molar-refractivity contribution is 6.04. The molecule has 1 N–H and O–H groups in total. The molecule has 2 aromatic rings. The molecule has 0 aliphatic rings. The minimum Gasteiger partial charge on any atom is -0.396 e. The van der Waals surface area contributed by atoms with Crippen molar-refractivity contribution >= 4 is 22.3 Å². The van der Waals surface area contributed by atoms with Gasteiger partial charge >= 0.3 is 6.18 Å². The third-order valence-electron chi connectivity index (χ3n) is 6.64. The summed E-state index contributed by atoms with van der Waals surface area (Å²) in [6.07, 6.45) is 5.69. The van der Waals surface area contributed by atoms with Crippen molar-refractivity contribution < 1.29 is 23.1 Å². The van der Waals surface area contributed by atoms with Crippen LogP contribution in [0.4, 0.5) is 13.2 Å². The van der Waals surface area contributed by atoms with E-state index in [9.17, 15) is 18.0 Å². The van der Waals surface area contributed by atoms with E-state index in [-0.39, 0.29) is 12.2 Å². The van der Waals surface area contributed by atoms with Crippen molar-refractivity contribution in [2.45, 2.75) is 105 Å². The maximum Gasteiger partial charge on any atom is 0.417 e. The highest BCUT2D eigenvalue weighted by atomic mass is 19.4. The van der Waals surface area contributed by atoms with Crippen molar-refractivity contribution in [3.05, 3.63) is 40.6 Å². The standard InChI is InChI=1S/C28H40F3NO2/c1-5-6-14-23-15-16-25-26(27(23)24(19-20(2)34)28(29,30)31)21(3)22(4)32(25)17-12-10-8-7-9-11-13-18-33/h15-16,19,33H,5-14,17-18H2,1-4H3/b24-19+. The molecule has 0 aliphatic heterocycles. The average Bonchev–Trinajstić information content (AvgIpc) is 3.01. The van der Waals surface area contributed by atoms with Gasteiger partial charge in [-0.3, -0.25) is 4.79 Å². The van der Waals surface area contributed by atoms with Crippen LogP contribution in [0.15, 0.2) is 18.2 Å². The number of hydrogen-bond donors (Lipinski definition) is 1. The van der Waals surface area contributed by atoms with Gasteiger partial charge < -0.3 is 9.67 Å². The number of aryl methyl sites for hydroxylation is 3. The topological polar surface area (TPSA) is 42.2 Å². The molecule has 0 amide bonds. The van der Waals surface area contributed by atoms with Crippen molar-refractivity contribution in [1.82, 2.24) is 4.57 Å². The van der Waals surface area contributed by atoms with E-state index < -0.39 is 17.5 Å². The largest absolute Gasteiger partial charge is 0.417 e. The van der Waals surface area contributed by atoms with Crippen LogP contribution in [0.2, 0.25) is 0 Å². The molecule has 0 saturated heterocycles. The van der Waals surface area contributed by atoms with Gasteiger partial charge in [-0.2, -0.15) is 13.2 Å². The van der Waals surface area contributed by atoms with Crippen LogP contribution in [0.5, 0.6) is 0 Å². The molecule has 0 aliphatic carbocycles. The number of carbonyl (C=O) groups is 1. The second-order valence-electron chi connectivity index (χ2n) is 9.32. The van der Waals surface area contributed by atoms with Crippen LogP contribution in [0.3, 0.4) is 0 Å². The van der Waals surface area contributed by atoms with Gasteiger partial charge in [-0.25, -0.2) is 0 Å². The Morgan fingerprint density at radius 2 is 1.62 bits per heavy atom. The van der Waals surface area contributed by atoms with Crippen LogP contribution in [0.25, 0.3) is 16.5 Å². The van der Waals surface area contributed by atoms with Crippen LogP contribution in [0, 0.1) is 13.8 Å². The first-order valence-electron chi connectivity index (χ1n) is 12.6. The summed E-state index contributed by atoms with van der Waals surface area (Å²) in [5.74, 6) is -0.599. The number of aliphatic hydroxyl groups excluding tert-OH is 1. The molecule has 0 spiro atoms. The Kier molecular flexibility index (Phi) is 10.9. The molecule has 34 heavy (non-hydrogen) atoms. The molecule has 1 heterocycles. The zero-order valence-electron chi connectivity index (χ0n) is 21.2. The first kappa shape index (κ1) is 28.2. The molecule has 2 rings (SSSR count). The number of ketones is 1. The second kappa shape index (κ2) is 13.1. The lowest BCUT2D eigenvalue weighted by Gasteiger charge is -2.18. The normalized spacial score (nSPS) is 12.6. The lowest BCUT2D eigenvalue weighted by molar-refractivity contribution is -0.113. The molecule has 3 nitrogen and oxygen atoms in total. The van der Waals surface area contributed by atoms with E-state index >= 15 is 0 Å². The molecular formula is C28H40F3NO2. The van der Waals surface area contributed by atoms with E-state index in [2.05, 4.69) is 4.57 Å². The number of nitrogens with zero attached hydrogens (tertiary/aromatic N) is 1. The van der Waals surface area contributed by atoms with Gasteiger partial charge in [0.05, 0.1) is 5.57 Å². The van der Waals surface area contributed by atoms with Crippen LogP contribution < -0.4 is 0 Å². The summed E-state index contributed by atoms with van der Waals surface area (Å²) >= 11 is 0. The maximum atomic E-state index is 14.2. The smallest absolute Gasteiger partial charge is 0.396 e. The van der Waals surface area contributed by atoms with Gasteiger partial charge in [-0.15, -0.1) is 0 Å². The molecule has 0 bridgehead atoms. The first-order valence-corrected chi connectivity index (χ1v) is 12.6. The van der Waals surface area contributed by atoms with E-state index in [0.717, 1.165) is 87.2 Å². The number of hydrogen-bond acceptors (Lipinski definition) is 2. The summed E-state index contributed by atoms with van der Waals surface area (Å²) < 4.78 is 44.7. The van der Waals surface area contributed by atoms with Crippen molar-refractivity contribution in [1.29, 1.82) is 0 Å². The van der Waals surface area contributed by atoms with Crippen LogP contribution in [-0.2, 0) is 17.8 Å². The van der Waals surface area contributed by atoms with Gasteiger partial charge in [0.15, 0.2) is 5.78 Å². The van der Waals surface area contributed by atoms with Gasteiger partial charge in [0.2, 0.25) is 0 Å². The van der Waals surface area contributed by atoms with Crippen molar-refractivity contribution in [2.24, 2.45) is 0 Å². The molecule has 0 saturated carbocycles. The number of fused-ring (bicyclic) bond motifs is 1. The number of alkyl halides is 3. The number of rotatable bonds is 14. The lowest BCUT2D eigenvalue weighted by Crippen LogP contribution is -2.14. The van der Waals surface area contributed by atoms with Crippen molar-refractivity contribution in [2.75, 3.05) is 6.61 Å². The zero-order chi connectivity index (χ0) is 25.3. The molecule has 190 valence electrons. The Labute approximate surface area is 202 Å². The third-order valence-corrected chi connectivity index (χ3v) is 6.64. The molecule has 0 atom stereocenters. The summed E-state index contributed by atoms with van der Waals surface area (Å²) in [7, 11) is 0. The van der Waals surface area contributed by atoms with E-state index in [1.54, 1.807) is 0 Å². The fourth-order valence-corrected chi connectivity index (χ4v) is 4.74. The second-order valence-corrected chi connectivity index (χ2v) is 9.32. The van der Waals surface area contributed by atoms with Gasteiger partial charge in [0.1, 0.15) is 0 Å². The number of carbonyl (C=O) groups excluding carboxylic acids is 1. The van der Waals surface area contributed by atoms with Crippen LogP contribution in [0.1, 0.15) is 94.0 Å². The fraction of sp³-hybridized carbons (Fsp3) is 0.607. The average molecular weight is 480 g/mol. The molecule has 1 aromatic heterocycles. The van der Waals surface area contributed by atoms with Gasteiger partial charge in [0.25, 0.3) is 0 Å². The van der Waals surface area contributed by atoms with Crippen molar-refractivity contribution in [3.8, 4) is 0 Å². The van der Waals surface area contributed by atoms with Gasteiger partial charge in [-0.05, 0) is 75.3 Å². The Hall–Kier alpha value is -2.08. The Morgan fingerprint density at radius 1 is 1.00 bits per heavy atom. The predicted molar refractivity (Wildman–Crippen MR) is 134 cm³/mol. The quantitative estimate of drug-likeness (QED) is 0.221. The summed E-state index contributed by atoms with van der Waals surface area (Å²) in [5, 5.41) is 9.49. The SMILES string of the molecule is CCCCc1ccc2c(c(C)c(C)n2CCCCCCCCCO)c1/C(=C\C(C)=O)C(F)(F)F. The summed E-state index contributed by atoms with van der Waals surface area (Å²) in [6, 6.07) is 3.78. The first-order chi connectivity index (χ1) is 16.1. The number of aliphatic hydroxyl groups is 1. The molecule has 1 aromatic carbocycles. The van der Waals surface area contributed by atoms with E-state index in [1.165, 1.54) is 6.92 Å². The van der Waals surface area contributed by atoms with E-state index in [4.69, 9.17) is 5.11 Å². The van der Waals surface area contributed by atoms with E-state index in [0.29, 0.717) is 17.4 Å². The lowest BCUT2D eigenvalue weighted by atomic mass is 9.90. The highest BCUT2D eigenvalue weighted by Gasteiger charge is 2.38. The predicted octanol–water partition coefficient (Wildman–Crippen LogP) is 7.86. The molecule has 0 unspecified atom stereocenters. The molecular weight excluding hydrogens is 439 g/mol. The minimum atomic E-state index is -4.61.